The van der Waals surface area contributed by atoms with Crippen molar-refractivity contribution in [1.82, 2.24) is 0 Å². The molecule has 1 amide bonds. The average molecular weight is 204 g/mol. The van der Waals surface area contributed by atoms with Crippen LogP contribution in [0.3, 0.4) is 0 Å². The van der Waals surface area contributed by atoms with Crippen molar-refractivity contribution in [2.24, 2.45) is 11.0 Å². The molecule has 78 valence electrons. The van der Waals surface area contributed by atoms with E-state index in [1.807, 2.05) is 30.3 Å². The molecule has 0 saturated heterocycles. The van der Waals surface area contributed by atoms with Crippen LogP contribution in [0.2, 0.25) is 0 Å². The summed E-state index contributed by atoms with van der Waals surface area (Å²) in [6.45, 7) is 1.57. The smallest absolute Gasteiger partial charge is 0.258 e. The highest BCUT2D eigenvalue weighted by Crippen LogP contribution is 2.22. The zero-order chi connectivity index (χ0) is 10.8. The van der Waals surface area contributed by atoms with Crippen LogP contribution in [0.25, 0.3) is 0 Å². The summed E-state index contributed by atoms with van der Waals surface area (Å²) in [5.74, 6) is -0.647. The SMILES string of the molecule is CC1=NN(c2ccccc2)C(=O)C1CO. The molecular weight excluding hydrogens is 192 g/mol. The first-order valence-electron chi connectivity index (χ1n) is 4.79. The van der Waals surface area contributed by atoms with Gasteiger partial charge >= 0.3 is 0 Å². The Labute approximate surface area is 87.8 Å². The normalized spacial score (nSPS) is 20.7. The lowest BCUT2D eigenvalue weighted by Gasteiger charge is -2.12. The maximum Gasteiger partial charge on any atom is 0.258 e. The Morgan fingerprint density at radius 1 is 1.40 bits per heavy atom. The molecule has 1 atom stereocenters. The highest BCUT2D eigenvalue weighted by atomic mass is 16.3. The number of hydrogen-bond donors (Lipinski definition) is 1. The monoisotopic (exact) mass is 204 g/mol. The van der Waals surface area contributed by atoms with Gasteiger partial charge in [-0.25, -0.2) is 5.01 Å². The van der Waals surface area contributed by atoms with E-state index in [-0.39, 0.29) is 12.5 Å². The van der Waals surface area contributed by atoms with Crippen LogP contribution in [0.1, 0.15) is 6.92 Å². The molecule has 0 fully saturated rings. The van der Waals surface area contributed by atoms with Crippen LogP contribution in [0.15, 0.2) is 35.4 Å². The number of anilines is 1. The molecule has 1 N–H and O–H groups in total. The van der Waals surface area contributed by atoms with Gasteiger partial charge in [0.2, 0.25) is 0 Å². The van der Waals surface area contributed by atoms with Crippen molar-refractivity contribution in [2.45, 2.75) is 6.92 Å². The standard InChI is InChI=1S/C11H12N2O2/c1-8-10(7-14)11(15)13(12-8)9-5-3-2-4-6-9/h2-6,10,14H,7H2,1H3. The summed E-state index contributed by atoms with van der Waals surface area (Å²) in [6.07, 6.45) is 0. The Hall–Kier alpha value is -1.68. The van der Waals surface area contributed by atoms with Crippen LogP contribution >= 0.6 is 0 Å². The van der Waals surface area contributed by atoms with Crippen LogP contribution in [-0.4, -0.2) is 23.3 Å². The molecule has 2 rings (SSSR count). The molecule has 0 aromatic heterocycles. The third-order valence-corrected chi connectivity index (χ3v) is 2.45. The van der Waals surface area contributed by atoms with Crippen molar-refractivity contribution >= 4 is 17.3 Å². The first-order chi connectivity index (χ1) is 7.24. The summed E-state index contributed by atoms with van der Waals surface area (Å²) in [5, 5.41) is 14.5. The molecule has 15 heavy (non-hydrogen) atoms. The number of hydrazone groups is 1. The number of hydrogen-bond acceptors (Lipinski definition) is 3. The number of nitrogens with zero attached hydrogens (tertiary/aromatic N) is 2. The predicted octanol–water partition coefficient (Wildman–Crippen LogP) is 1.02. The lowest BCUT2D eigenvalue weighted by atomic mass is 10.1. The fourth-order valence-electron chi connectivity index (χ4n) is 1.57. The van der Waals surface area contributed by atoms with Gasteiger partial charge in [0.25, 0.3) is 5.91 Å². The molecule has 0 bridgehead atoms. The fraction of sp³-hybridized carbons (Fsp3) is 0.273. The zero-order valence-corrected chi connectivity index (χ0v) is 8.42. The van der Waals surface area contributed by atoms with Crippen LogP contribution in [0, 0.1) is 5.92 Å². The van der Waals surface area contributed by atoms with Gasteiger partial charge in [0, 0.05) is 0 Å². The van der Waals surface area contributed by atoms with E-state index in [1.165, 1.54) is 5.01 Å². The third-order valence-electron chi connectivity index (χ3n) is 2.45. The van der Waals surface area contributed by atoms with Gasteiger partial charge in [-0.2, -0.15) is 5.10 Å². The summed E-state index contributed by atoms with van der Waals surface area (Å²) >= 11 is 0. The minimum Gasteiger partial charge on any atom is -0.395 e. The maximum atomic E-state index is 11.8. The number of rotatable bonds is 2. The lowest BCUT2D eigenvalue weighted by molar-refractivity contribution is -0.120. The summed E-state index contributed by atoms with van der Waals surface area (Å²) in [4.78, 5) is 11.8. The summed E-state index contributed by atoms with van der Waals surface area (Å²) < 4.78 is 0. The van der Waals surface area contributed by atoms with Crippen LogP contribution < -0.4 is 5.01 Å². The highest BCUT2D eigenvalue weighted by molar-refractivity contribution is 6.14. The molecule has 1 unspecified atom stereocenters. The number of aliphatic hydroxyl groups excluding tert-OH is 1. The number of para-hydroxylation sites is 1. The molecule has 1 aliphatic heterocycles. The van der Waals surface area contributed by atoms with Gasteiger partial charge in [-0.1, -0.05) is 18.2 Å². The minimum atomic E-state index is -0.481. The molecule has 4 nitrogen and oxygen atoms in total. The maximum absolute atomic E-state index is 11.8. The summed E-state index contributed by atoms with van der Waals surface area (Å²) in [6, 6.07) is 9.20. The van der Waals surface area contributed by atoms with Crippen LogP contribution in [0.5, 0.6) is 0 Å². The van der Waals surface area contributed by atoms with Crippen molar-refractivity contribution in [3.05, 3.63) is 30.3 Å². The summed E-state index contributed by atoms with van der Waals surface area (Å²) in [5.41, 5.74) is 1.39. The zero-order valence-electron chi connectivity index (χ0n) is 8.42. The van der Waals surface area contributed by atoms with Crippen molar-refractivity contribution in [3.8, 4) is 0 Å². The van der Waals surface area contributed by atoms with Gasteiger partial charge in [-0.3, -0.25) is 4.79 Å². The molecular formula is C11H12N2O2. The van der Waals surface area contributed by atoms with Crippen molar-refractivity contribution < 1.29 is 9.90 Å². The van der Waals surface area contributed by atoms with E-state index in [4.69, 9.17) is 5.11 Å². The second kappa shape index (κ2) is 3.82. The molecule has 1 aromatic rings. The Kier molecular flexibility index (Phi) is 2.51. The quantitative estimate of drug-likeness (QED) is 0.781. The second-order valence-electron chi connectivity index (χ2n) is 3.46. The number of carbonyl (C=O) groups excluding carboxylic acids is 1. The van der Waals surface area contributed by atoms with Gasteiger partial charge in [0.15, 0.2) is 0 Å². The van der Waals surface area contributed by atoms with Gasteiger partial charge < -0.3 is 5.11 Å². The van der Waals surface area contributed by atoms with E-state index in [9.17, 15) is 4.79 Å². The third kappa shape index (κ3) is 1.64. The van der Waals surface area contributed by atoms with Gasteiger partial charge in [-0.05, 0) is 19.1 Å². The number of aliphatic hydroxyl groups is 1. The first kappa shape index (κ1) is 9.86. The van der Waals surface area contributed by atoms with E-state index in [0.29, 0.717) is 5.71 Å². The lowest BCUT2D eigenvalue weighted by Crippen LogP contribution is -2.29. The van der Waals surface area contributed by atoms with Crippen molar-refractivity contribution in [2.75, 3.05) is 11.6 Å². The molecule has 1 aliphatic rings. The number of carbonyl (C=O) groups is 1. The fourth-order valence-corrected chi connectivity index (χ4v) is 1.57. The van der Waals surface area contributed by atoms with E-state index in [2.05, 4.69) is 5.10 Å². The van der Waals surface area contributed by atoms with Crippen LogP contribution in [0.4, 0.5) is 5.69 Å². The molecule has 0 spiro atoms. The van der Waals surface area contributed by atoms with Gasteiger partial charge in [-0.15, -0.1) is 0 Å². The van der Waals surface area contributed by atoms with E-state index in [1.54, 1.807) is 6.92 Å². The second-order valence-corrected chi connectivity index (χ2v) is 3.46. The first-order valence-corrected chi connectivity index (χ1v) is 4.79. The Bertz CT molecular complexity index is 400. The topological polar surface area (TPSA) is 52.9 Å². The van der Waals surface area contributed by atoms with Crippen molar-refractivity contribution in [1.29, 1.82) is 0 Å². The number of amides is 1. The Morgan fingerprint density at radius 2 is 2.07 bits per heavy atom. The molecule has 0 radical (unpaired) electrons. The minimum absolute atomic E-state index is 0.166. The van der Waals surface area contributed by atoms with E-state index < -0.39 is 5.92 Å². The predicted molar refractivity (Wildman–Crippen MR) is 57.6 cm³/mol. The molecule has 1 heterocycles. The molecule has 1 aromatic carbocycles. The van der Waals surface area contributed by atoms with Gasteiger partial charge in [0.1, 0.15) is 5.92 Å². The summed E-state index contributed by atoms with van der Waals surface area (Å²) in [7, 11) is 0. The van der Waals surface area contributed by atoms with Crippen LogP contribution in [-0.2, 0) is 4.79 Å². The number of benzene rings is 1. The Morgan fingerprint density at radius 3 is 2.60 bits per heavy atom. The highest BCUT2D eigenvalue weighted by Gasteiger charge is 2.33. The Balaban J connectivity index is 2.31. The van der Waals surface area contributed by atoms with Gasteiger partial charge in [0.05, 0.1) is 18.0 Å². The molecule has 4 heteroatoms. The largest absolute Gasteiger partial charge is 0.395 e. The van der Waals surface area contributed by atoms with Crippen molar-refractivity contribution in [3.63, 3.8) is 0 Å². The molecule has 0 saturated carbocycles. The average Bonchev–Trinajstić information content (AvgIpc) is 2.55. The van der Waals surface area contributed by atoms with E-state index >= 15 is 0 Å². The van der Waals surface area contributed by atoms with E-state index in [0.717, 1.165) is 5.69 Å². The molecule has 0 aliphatic carbocycles.